The van der Waals surface area contributed by atoms with E-state index in [-0.39, 0.29) is 17.4 Å². The Hall–Kier alpha value is -0.870. The van der Waals surface area contributed by atoms with Crippen LogP contribution in [0.1, 0.15) is 43.1 Å². The third-order valence-corrected chi connectivity index (χ3v) is 4.63. The van der Waals surface area contributed by atoms with Gasteiger partial charge in [-0.05, 0) is 24.0 Å². The van der Waals surface area contributed by atoms with E-state index in [0.29, 0.717) is 13.0 Å². The molecule has 1 aromatic rings. The fourth-order valence-corrected chi connectivity index (χ4v) is 3.21. The van der Waals surface area contributed by atoms with Crippen molar-refractivity contribution < 1.29 is 14.6 Å². The zero-order valence-electron chi connectivity index (χ0n) is 10.4. The molecule has 0 amide bonds. The second kappa shape index (κ2) is 4.42. The molecule has 2 rings (SSSR count). The summed E-state index contributed by atoms with van der Waals surface area (Å²) in [5.41, 5.74) is 0.111. The molecule has 0 radical (unpaired) electrons. The van der Waals surface area contributed by atoms with Gasteiger partial charge < -0.3 is 9.84 Å². The minimum absolute atomic E-state index is 0.111. The first kappa shape index (κ1) is 12.6. The summed E-state index contributed by atoms with van der Waals surface area (Å²) in [6.07, 6.45) is 0.358. The normalized spacial score (nSPS) is 25.1. The first-order valence-corrected chi connectivity index (χ1v) is 6.66. The Bertz CT molecular complexity index is 417. The van der Waals surface area contributed by atoms with Crippen LogP contribution in [0.2, 0.25) is 0 Å². The van der Waals surface area contributed by atoms with Crippen LogP contribution in [-0.2, 0) is 14.9 Å². The molecule has 1 aromatic heterocycles. The quantitative estimate of drug-likeness (QED) is 0.881. The van der Waals surface area contributed by atoms with Crippen molar-refractivity contribution in [1.29, 1.82) is 0 Å². The van der Waals surface area contributed by atoms with Crippen molar-refractivity contribution in [2.75, 3.05) is 6.61 Å². The Balaban J connectivity index is 2.23. The molecule has 94 valence electrons. The summed E-state index contributed by atoms with van der Waals surface area (Å²) < 4.78 is 5.57. The number of thiophene rings is 1. The van der Waals surface area contributed by atoms with Crippen molar-refractivity contribution in [3.05, 3.63) is 21.9 Å². The molecule has 0 aromatic carbocycles. The lowest BCUT2D eigenvalue weighted by Crippen LogP contribution is -2.16. The summed E-state index contributed by atoms with van der Waals surface area (Å²) in [5.74, 6) is -1.14. The van der Waals surface area contributed by atoms with E-state index in [1.807, 2.05) is 6.07 Å². The van der Waals surface area contributed by atoms with E-state index in [4.69, 9.17) is 9.84 Å². The maximum Gasteiger partial charge on any atom is 0.309 e. The van der Waals surface area contributed by atoms with Crippen molar-refractivity contribution in [1.82, 2.24) is 0 Å². The molecule has 1 aliphatic rings. The number of ether oxygens (including phenoxy) is 1. The van der Waals surface area contributed by atoms with Gasteiger partial charge in [0.25, 0.3) is 0 Å². The topological polar surface area (TPSA) is 46.5 Å². The highest BCUT2D eigenvalue weighted by Crippen LogP contribution is 2.40. The summed E-state index contributed by atoms with van der Waals surface area (Å²) in [4.78, 5) is 13.4. The molecule has 1 aliphatic heterocycles. The zero-order chi connectivity index (χ0) is 12.6. The van der Waals surface area contributed by atoms with E-state index in [1.165, 1.54) is 4.88 Å². The number of hydrogen-bond donors (Lipinski definition) is 1. The van der Waals surface area contributed by atoms with Crippen LogP contribution >= 0.6 is 11.3 Å². The van der Waals surface area contributed by atoms with Gasteiger partial charge in [0.05, 0.1) is 5.92 Å². The second-order valence-corrected chi connectivity index (χ2v) is 6.59. The zero-order valence-corrected chi connectivity index (χ0v) is 11.2. The largest absolute Gasteiger partial charge is 0.481 e. The number of carboxylic acids is 1. The molecule has 2 atom stereocenters. The first-order valence-electron chi connectivity index (χ1n) is 5.84. The Morgan fingerprint density at radius 2 is 2.18 bits per heavy atom. The Labute approximate surface area is 105 Å². The molecule has 1 fully saturated rings. The first-order chi connectivity index (χ1) is 7.89. The molecule has 0 aliphatic carbocycles. The van der Waals surface area contributed by atoms with E-state index in [9.17, 15) is 4.79 Å². The van der Waals surface area contributed by atoms with Gasteiger partial charge in [0, 0.05) is 16.4 Å². The van der Waals surface area contributed by atoms with Crippen LogP contribution < -0.4 is 0 Å². The Morgan fingerprint density at radius 3 is 2.71 bits per heavy atom. The fraction of sp³-hybridized carbons (Fsp3) is 0.615. The van der Waals surface area contributed by atoms with Crippen molar-refractivity contribution in [3.8, 4) is 0 Å². The van der Waals surface area contributed by atoms with E-state index in [1.54, 1.807) is 11.3 Å². The van der Waals surface area contributed by atoms with Gasteiger partial charge in [0.15, 0.2) is 0 Å². The van der Waals surface area contributed by atoms with Gasteiger partial charge in [-0.3, -0.25) is 4.79 Å². The van der Waals surface area contributed by atoms with Crippen LogP contribution in [0.25, 0.3) is 0 Å². The van der Waals surface area contributed by atoms with Crippen molar-refractivity contribution in [3.63, 3.8) is 0 Å². The molecule has 3 nitrogen and oxygen atoms in total. The van der Waals surface area contributed by atoms with Gasteiger partial charge in [0.1, 0.15) is 6.10 Å². The van der Waals surface area contributed by atoms with Crippen LogP contribution in [-0.4, -0.2) is 17.7 Å². The number of carbonyl (C=O) groups is 1. The summed E-state index contributed by atoms with van der Waals surface area (Å²) >= 11 is 1.67. The lowest BCUT2D eigenvalue weighted by Gasteiger charge is -2.16. The monoisotopic (exact) mass is 254 g/mol. The Morgan fingerprint density at radius 1 is 1.47 bits per heavy atom. The van der Waals surface area contributed by atoms with Crippen LogP contribution in [0, 0.1) is 5.92 Å². The molecule has 0 spiro atoms. The van der Waals surface area contributed by atoms with Gasteiger partial charge in [0.2, 0.25) is 0 Å². The Kier molecular flexibility index (Phi) is 3.27. The maximum atomic E-state index is 11.1. The molecule has 2 heterocycles. The average Bonchev–Trinajstić information content (AvgIpc) is 2.85. The molecule has 17 heavy (non-hydrogen) atoms. The predicted molar refractivity (Wildman–Crippen MR) is 67.5 cm³/mol. The number of hydrogen-bond acceptors (Lipinski definition) is 3. The fourth-order valence-electron chi connectivity index (χ4n) is 2.03. The number of rotatable bonds is 2. The number of carboxylic acid groups (broad SMARTS) is 1. The van der Waals surface area contributed by atoms with Crippen LogP contribution in [0.3, 0.4) is 0 Å². The summed E-state index contributed by atoms with van der Waals surface area (Å²) in [6.45, 7) is 7.02. The highest BCUT2D eigenvalue weighted by molar-refractivity contribution is 7.12. The highest BCUT2D eigenvalue weighted by atomic mass is 32.1. The maximum absolute atomic E-state index is 11.1. The van der Waals surface area contributed by atoms with E-state index in [0.717, 1.165) is 4.88 Å². The van der Waals surface area contributed by atoms with Gasteiger partial charge in [-0.15, -0.1) is 11.3 Å². The molecule has 1 saturated heterocycles. The minimum atomic E-state index is -0.752. The molecule has 0 bridgehead atoms. The lowest BCUT2D eigenvalue weighted by molar-refractivity contribution is -0.143. The standard InChI is InChI=1S/C13H18O3S/c1-13(2,3)10-5-4-9(17-10)11-8(12(14)15)6-7-16-11/h4-5,8,11H,6-7H2,1-3H3,(H,14,15). The molecule has 0 saturated carbocycles. The number of aliphatic carboxylic acids is 1. The third kappa shape index (κ3) is 2.53. The van der Waals surface area contributed by atoms with Crippen molar-refractivity contribution in [2.45, 2.75) is 38.7 Å². The van der Waals surface area contributed by atoms with Crippen LogP contribution in [0.4, 0.5) is 0 Å². The lowest BCUT2D eigenvalue weighted by atomic mass is 9.95. The molecule has 4 heteroatoms. The van der Waals surface area contributed by atoms with Gasteiger partial charge in [-0.2, -0.15) is 0 Å². The molecular formula is C13H18O3S. The summed E-state index contributed by atoms with van der Waals surface area (Å²) in [6, 6.07) is 4.10. The van der Waals surface area contributed by atoms with Crippen LogP contribution in [0.5, 0.6) is 0 Å². The van der Waals surface area contributed by atoms with Crippen molar-refractivity contribution >= 4 is 17.3 Å². The van der Waals surface area contributed by atoms with E-state index < -0.39 is 5.97 Å². The van der Waals surface area contributed by atoms with Crippen LogP contribution in [0.15, 0.2) is 12.1 Å². The highest BCUT2D eigenvalue weighted by Gasteiger charge is 2.36. The predicted octanol–water partition coefficient (Wildman–Crippen LogP) is 3.21. The molecule has 1 N–H and O–H groups in total. The molecular weight excluding hydrogens is 236 g/mol. The smallest absolute Gasteiger partial charge is 0.309 e. The third-order valence-electron chi connectivity index (χ3n) is 3.06. The van der Waals surface area contributed by atoms with Gasteiger partial charge in [-0.25, -0.2) is 0 Å². The minimum Gasteiger partial charge on any atom is -0.481 e. The van der Waals surface area contributed by atoms with E-state index in [2.05, 4.69) is 26.8 Å². The average molecular weight is 254 g/mol. The van der Waals surface area contributed by atoms with Crippen molar-refractivity contribution in [2.24, 2.45) is 5.92 Å². The molecule has 2 unspecified atom stereocenters. The second-order valence-electron chi connectivity index (χ2n) is 5.48. The van der Waals surface area contributed by atoms with E-state index >= 15 is 0 Å². The van der Waals surface area contributed by atoms with Gasteiger partial charge in [-0.1, -0.05) is 20.8 Å². The summed E-state index contributed by atoms with van der Waals surface area (Å²) in [7, 11) is 0. The van der Waals surface area contributed by atoms with Gasteiger partial charge >= 0.3 is 5.97 Å². The SMILES string of the molecule is CC(C)(C)c1ccc(C2OCCC2C(=O)O)s1. The summed E-state index contributed by atoms with van der Waals surface area (Å²) in [5, 5.41) is 9.14.